The first-order chi connectivity index (χ1) is 11.9. The van der Waals surface area contributed by atoms with Crippen molar-refractivity contribution in [1.29, 1.82) is 0 Å². The van der Waals surface area contributed by atoms with Gasteiger partial charge in [0.1, 0.15) is 5.75 Å². The summed E-state index contributed by atoms with van der Waals surface area (Å²) in [7, 11) is 0. The van der Waals surface area contributed by atoms with E-state index >= 15 is 0 Å². The largest absolute Gasteiger partial charge is 0.481 e. The number of carbonyl (C=O) groups is 1. The average molecular weight is 368 g/mol. The van der Waals surface area contributed by atoms with Gasteiger partial charge in [-0.15, -0.1) is 0 Å². The molecular formula is C19H26ClNO4. The fourth-order valence-electron chi connectivity index (χ4n) is 3.50. The van der Waals surface area contributed by atoms with Crippen molar-refractivity contribution in [3.8, 4) is 5.75 Å². The van der Waals surface area contributed by atoms with Gasteiger partial charge < -0.3 is 19.1 Å². The first kappa shape index (κ1) is 18.5. The normalized spacial score (nSPS) is 20.7. The Bertz CT molecular complexity index is 609. The molecule has 0 aromatic heterocycles. The van der Waals surface area contributed by atoms with E-state index in [2.05, 4.69) is 0 Å². The van der Waals surface area contributed by atoms with Crippen molar-refractivity contribution < 1.29 is 19.0 Å². The number of carbonyl (C=O) groups excluding carboxylic acids is 1. The van der Waals surface area contributed by atoms with Crippen LogP contribution in [0.2, 0.25) is 5.02 Å². The molecule has 0 radical (unpaired) electrons. The van der Waals surface area contributed by atoms with Gasteiger partial charge in [-0.3, -0.25) is 4.79 Å². The van der Waals surface area contributed by atoms with Crippen LogP contribution in [0, 0.1) is 13.8 Å². The van der Waals surface area contributed by atoms with Crippen molar-refractivity contribution in [3.05, 3.63) is 28.3 Å². The lowest BCUT2D eigenvalue weighted by Gasteiger charge is -2.38. The molecule has 2 saturated heterocycles. The standard InChI is InChI=1S/C19H26ClNO4/c1-4-16(25-15-11-13(2)17(20)14(3)12-15)18(22)21-7-5-19(6-8-21)23-9-10-24-19/h11-12,16H,4-10H2,1-3H3. The summed E-state index contributed by atoms with van der Waals surface area (Å²) in [5, 5.41) is 0.740. The molecule has 2 heterocycles. The van der Waals surface area contributed by atoms with Gasteiger partial charge in [0.25, 0.3) is 5.91 Å². The lowest BCUT2D eigenvalue weighted by Crippen LogP contribution is -2.50. The lowest BCUT2D eigenvalue weighted by atomic mass is 10.0. The number of halogens is 1. The van der Waals surface area contributed by atoms with Gasteiger partial charge in [0.2, 0.25) is 0 Å². The molecule has 1 aromatic carbocycles. The summed E-state index contributed by atoms with van der Waals surface area (Å²) in [5.41, 5.74) is 1.91. The van der Waals surface area contributed by atoms with Gasteiger partial charge in [-0.1, -0.05) is 18.5 Å². The molecule has 2 aliphatic rings. The summed E-state index contributed by atoms with van der Waals surface area (Å²) in [6, 6.07) is 3.77. The highest BCUT2D eigenvalue weighted by Crippen LogP contribution is 2.32. The summed E-state index contributed by atoms with van der Waals surface area (Å²) in [5.74, 6) is 0.250. The van der Waals surface area contributed by atoms with Crippen LogP contribution in [0.4, 0.5) is 0 Å². The summed E-state index contributed by atoms with van der Waals surface area (Å²) < 4.78 is 17.5. The van der Waals surface area contributed by atoms with Gasteiger partial charge in [-0.2, -0.15) is 0 Å². The van der Waals surface area contributed by atoms with Crippen LogP contribution in [0.25, 0.3) is 0 Å². The Balaban J connectivity index is 1.64. The molecule has 1 unspecified atom stereocenters. The maximum absolute atomic E-state index is 12.9. The molecule has 25 heavy (non-hydrogen) atoms. The van der Waals surface area contributed by atoms with E-state index in [1.54, 1.807) is 0 Å². The highest BCUT2D eigenvalue weighted by molar-refractivity contribution is 6.32. The predicted molar refractivity (Wildman–Crippen MR) is 96.1 cm³/mol. The molecule has 0 N–H and O–H groups in total. The van der Waals surface area contributed by atoms with E-state index in [0.29, 0.717) is 51.3 Å². The average Bonchev–Trinajstić information content (AvgIpc) is 3.05. The molecular weight excluding hydrogens is 342 g/mol. The molecule has 6 heteroatoms. The minimum Gasteiger partial charge on any atom is -0.481 e. The van der Waals surface area contributed by atoms with Crippen LogP contribution in [0.15, 0.2) is 12.1 Å². The summed E-state index contributed by atoms with van der Waals surface area (Å²) in [6.07, 6.45) is 1.57. The first-order valence-electron chi connectivity index (χ1n) is 8.94. The number of likely N-dealkylation sites (tertiary alicyclic amines) is 1. The fraction of sp³-hybridized carbons (Fsp3) is 0.632. The number of aryl methyl sites for hydroxylation is 2. The third-order valence-electron chi connectivity index (χ3n) is 4.99. The highest BCUT2D eigenvalue weighted by Gasteiger charge is 2.41. The smallest absolute Gasteiger partial charge is 0.263 e. The number of nitrogens with zero attached hydrogens (tertiary/aromatic N) is 1. The number of hydrogen-bond donors (Lipinski definition) is 0. The van der Waals surface area contributed by atoms with E-state index in [4.69, 9.17) is 25.8 Å². The van der Waals surface area contributed by atoms with Crippen molar-refractivity contribution in [3.63, 3.8) is 0 Å². The second-order valence-corrected chi connectivity index (χ2v) is 7.20. The SMILES string of the molecule is CCC(Oc1cc(C)c(Cl)c(C)c1)C(=O)N1CCC2(CC1)OCCO2. The van der Waals surface area contributed by atoms with Gasteiger partial charge >= 0.3 is 0 Å². The monoisotopic (exact) mass is 367 g/mol. The van der Waals surface area contributed by atoms with Gasteiger partial charge in [-0.25, -0.2) is 0 Å². The zero-order valence-corrected chi connectivity index (χ0v) is 15.9. The van der Waals surface area contributed by atoms with Crippen molar-refractivity contribution in [2.45, 2.75) is 51.9 Å². The summed E-state index contributed by atoms with van der Waals surface area (Å²) in [4.78, 5) is 14.7. The molecule has 0 bridgehead atoms. The topological polar surface area (TPSA) is 48.0 Å². The Hall–Kier alpha value is -1.30. The van der Waals surface area contributed by atoms with Gasteiger partial charge in [0.15, 0.2) is 11.9 Å². The van der Waals surface area contributed by atoms with Crippen molar-refractivity contribution in [2.24, 2.45) is 0 Å². The molecule has 3 rings (SSSR count). The van der Waals surface area contributed by atoms with E-state index in [1.165, 1.54) is 0 Å². The number of hydrogen-bond acceptors (Lipinski definition) is 4. The van der Waals surface area contributed by atoms with E-state index in [1.807, 2.05) is 37.8 Å². The number of amides is 1. The van der Waals surface area contributed by atoms with Crippen LogP contribution >= 0.6 is 11.6 Å². The van der Waals surface area contributed by atoms with E-state index < -0.39 is 11.9 Å². The Kier molecular flexibility index (Phi) is 5.56. The highest BCUT2D eigenvalue weighted by atomic mass is 35.5. The summed E-state index contributed by atoms with van der Waals surface area (Å²) in [6.45, 7) is 8.41. The minimum atomic E-state index is -0.487. The molecule has 1 amide bonds. The molecule has 0 saturated carbocycles. The van der Waals surface area contributed by atoms with Crippen LogP contribution in [0.3, 0.4) is 0 Å². The van der Waals surface area contributed by atoms with Crippen LogP contribution in [-0.2, 0) is 14.3 Å². The third-order valence-corrected chi connectivity index (χ3v) is 5.58. The van der Waals surface area contributed by atoms with Gasteiger partial charge in [-0.05, 0) is 43.5 Å². The van der Waals surface area contributed by atoms with Gasteiger partial charge in [0.05, 0.1) is 13.2 Å². The maximum Gasteiger partial charge on any atom is 0.263 e. The fourth-order valence-corrected chi connectivity index (χ4v) is 3.61. The van der Waals surface area contributed by atoms with Crippen LogP contribution in [0.5, 0.6) is 5.75 Å². The number of piperidine rings is 1. The molecule has 1 aromatic rings. The zero-order chi connectivity index (χ0) is 18.0. The quantitative estimate of drug-likeness (QED) is 0.817. The molecule has 1 atom stereocenters. The Morgan fingerprint density at radius 2 is 1.80 bits per heavy atom. The molecule has 2 fully saturated rings. The van der Waals surface area contributed by atoms with Crippen molar-refractivity contribution in [1.82, 2.24) is 4.90 Å². The van der Waals surface area contributed by atoms with E-state index in [-0.39, 0.29) is 5.91 Å². The third kappa shape index (κ3) is 3.94. The second-order valence-electron chi connectivity index (χ2n) is 6.82. The molecule has 1 spiro atoms. The minimum absolute atomic E-state index is 0.0283. The van der Waals surface area contributed by atoms with Crippen LogP contribution in [-0.4, -0.2) is 49.0 Å². The number of ether oxygens (including phenoxy) is 3. The molecule has 138 valence electrons. The number of rotatable bonds is 4. The predicted octanol–water partition coefficient (Wildman–Crippen LogP) is 3.48. The maximum atomic E-state index is 12.9. The molecule has 0 aliphatic carbocycles. The Labute approximate surface area is 154 Å². The van der Waals surface area contributed by atoms with Crippen molar-refractivity contribution >= 4 is 17.5 Å². The zero-order valence-electron chi connectivity index (χ0n) is 15.1. The number of benzene rings is 1. The molecule has 5 nitrogen and oxygen atoms in total. The Morgan fingerprint density at radius 1 is 1.24 bits per heavy atom. The van der Waals surface area contributed by atoms with Gasteiger partial charge in [0, 0.05) is 31.0 Å². The van der Waals surface area contributed by atoms with Crippen LogP contribution < -0.4 is 4.74 Å². The van der Waals surface area contributed by atoms with E-state index in [9.17, 15) is 4.79 Å². The molecule has 2 aliphatic heterocycles. The van der Waals surface area contributed by atoms with E-state index in [0.717, 1.165) is 16.1 Å². The Morgan fingerprint density at radius 3 is 2.32 bits per heavy atom. The first-order valence-corrected chi connectivity index (χ1v) is 9.32. The lowest BCUT2D eigenvalue weighted by molar-refractivity contribution is -0.189. The van der Waals surface area contributed by atoms with Crippen LogP contribution in [0.1, 0.15) is 37.3 Å². The summed E-state index contributed by atoms with van der Waals surface area (Å²) >= 11 is 6.21. The van der Waals surface area contributed by atoms with Crippen molar-refractivity contribution in [2.75, 3.05) is 26.3 Å². The second kappa shape index (κ2) is 7.52.